The van der Waals surface area contributed by atoms with Crippen molar-refractivity contribution in [2.75, 3.05) is 6.54 Å². The van der Waals surface area contributed by atoms with Crippen molar-refractivity contribution in [3.05, 3.63) is 89.4 Å². The molecule has 0 aliphatic carbocycles. The fourth-order valence-corrected chi connectivity index (χ4v) is 3.26. The van der Waals surface area contributed by atoms with Crippen LogP contribution in [0.2, 0.25) is 0 Å². The average molecular weight is 576 g/mol. The summed E-state index contributed by atoms with van der Waals surface area (Å²) in [4.78, 5) is 4.45. The van der Waals surface area contributed by atoms with Crippen molar-refractivity contribution >= 4 is 40.0 Å². The van der Waals surface area contributed by atoms with Crippen LogP contribution in [0.15, 0.2) is 75.2 Å². The molecule has 1 heterocycles. The summed E-state index contributed by atoms with van der Waals surface area (Å²) < 4.78 is 55.3. The lowest BCUT2D eigenvalue weighted by molar-refractivity contribution is 0.506. The van der Waals surface area contributed by atoms with E-state index < -0.39 is 21.7 Å². The molecule has 172 valence electrons. The lowest BCUT2D eigenvalue weighted by Crippen LogP contribution is -2.38. The molecule has 3 aromatic rings. The van der Waals surface area contributed by atoms with E-state index in [0.717, 1.165) is 29.5 Å². The van der Waals surface area contributed by atoms with Crippen molar-refractivity contribution in [2.24, 2.45) is 10.1 Å². The summed E-state index contributed by atoms with van der Waals surface area (Å²) in [5.41, 5.74) is 0.912. The zero-order chi connectivity index (χ0) is 22.3. The molecule has 0 atom stereocenters. The quantitative estimate of drug-likeness (QED) is 0.217. The zero-order valence-corrected chi connectivity index (χ0v) is 20.1. The Hall–Kier alpha value is -2.51. The number of furan rings is 1. The Morgan fingerprint density at radius 2 is 1.81 bits per heavy atom. The number of halogens is 3. The van der Waals surface area contributed by atoms with Gasteiger partial charge in [-0.3, -0.25) is 0 Å². The fraction of sp³-hybridized carbons (Fsp3) is 0.190. The van der Waals surface area contributed by atoms with Crippen LogP contribution in [0, 0.1) is 11.6 Å². The lowest BCUT2D eigenvalue weighted by Gasteiger charge is -2.13. The topological polar surface area (TPSA) is 110 Å². The second-order valence-electron chi connectivity index (χ2n) is 6.70. The van der Waals surface area contributed by atoms with Crippen LogP contribution in [0.1, 0.15) is 16.9 Å². The predicted molar refractivity (Wildman–Crippen MR) is 128 cm³/mol. The highest BCUT2D eigenvalue weighted by molar-refractivity contribution is 14.0. The number of nitrogens with zero attached hydrogens (tertiary/aromatic N) is 1. The average Bonchev–Trinajstić information content (AvgIpc) is 3.25. The van der Waals surface area contributed by atoms with Crippen LogP contribution < -0.4 is 15.8 Å². The van der Waals surface area contributed by atoms with E-state index in [9.17, 15) is 17.2 Å². The molecule has 1 aromatic heterocycles. The van der Waals surface area contributed by atoms with Gasteiger partial charge in [-0.15, -0.1) is 24.0 Å². The summed E-state index contributed by atoms with van der Waals surface area (Å²) in [6, 6.07) is 12.9. The van der Waals surface area contributed by atoms with Gasteiger partial charge >= 0.3 is 0 Å². The lowest BCUT2D eigenvalue weighted by atomic mass is 10.2. The number of nitrogens with one attached hydrogen (secondary N) is 2. The first kappa shape index (κ1) is 25.7. The molecule has 0 saturated heterocycles. The number of rotatable bonds is 8. The molecule has 0 amide bonds. The first-order valence-corrected chi connectivity index (χ1v) is 11.0. The molecule has 0 aliphatic heterocycles. The molecule has 0 aliphatic rings. The summed E-state index contributed by atoms with van der Waals surface area (Å²) in [7, 11) is -3.77. The van der Waals surface area contributed by atoms with Gasteiger partial charge in [0.15, 0.2) is 5.96 Å². The number of aliphatic imine (C=N–C) groups is 1. The number of nitrogens with two attached hydrogens (primary N) is 1. The van der Waals surface area contributed by atoms with Crippen molar-refractivity contribution < 1.29 is 21.6 Å². The third-order valence-electron chi connectivity index (χ3n) is 4.37. The molecular formula is C21H23F2IN4O3S. The van der Waals surface area contributed by atoms with Gasteiger partial charge in [0.05, 0.1) is 17.7 Å². The smallest absolute Gasteiger partial charge is 0.238 e. The Labute approximate surface area is 202 Å². The van der Waals surface area contributed by atoms with E-state index in [1.807, 2.05) is 6.07 Å². The Balaban J connectivity index is 0.00000363. The SMILES string of the molecule is I.NS(=O)(=O)c1ccc(CN=C(NCCc2ccco2)NCc2cc(F)ccc2F)cc1. The van der Waals surface area contributed by atoms with E-state index in [1.54, 1.807) is 24.5 Å². The minimum absolute atomic E-state index is 0. The minimum Gasteiger partial charge on any atom is -0.469 e. The maximum atomic E-state index is 13.9. The highest BCUT2D eigenvalue weighted by Crippen LogP contribution is 2.11. The second kappa shape index (κ2) is 11.9. The molecule has 4 N–H and O–H groups in total. The second-order valence-corrected chi connectivity index (χ2v) is 8.26. The Bertz CT molecular complexity index is 1140. The van der Waals surface area contributed by atoms with Gasteiger partial charge in [0.25, 0.3) is 0 Å². The number of hydrogen-bond acceptors (Lipinski definition) is 4. The normalized spacial score (nSPS) is 11.7. The summed E-state index contributed by atoms with van der Waals surface area (Å²) >= 11 is 0. The Morgan fingerprint density at radius 3 is 2.47 bits per heavy atom. The molecular weight excluding hydrogens is 553 g/mol. The third-order valence-corrected chi connectivity index (χ3v) is 5.30. The maximum Gasteiger partial charge on any atom is 0.238 e. The number of sulfonamides is 1. The van der Waals surface area contributed by atoms with Crippen LogP contribution >= 0.6 is 24.0 Å². The highest BCUT2D eigenvalue weighted by atomic mass is 127. The van der Waals surface area contributed by atoms with Gasteiger partial charge in [-0.05, 0) is 48.0 Å². The first-order chi connectivity index (χ1) is 14.8. The molecule has 2 aromatic carbocycles. The maximum absolute atomic E-state index is 13.9. The van der Waals surface area contributed by atoms with Crippen molar-refractivity contribution in [3.8, 4) is 0 Å². The summed E-state index contributed by atoms with van der Waals surface area (Å²) in [6.07, 6.45) is 2.19. The summed E-state index contributed by atoms with van der Waals surface area (Å²) in [5.74, 6) is 0.118. The van der Waals surface area contributed by atoms with E-state index in [1.165, 1.54) is 12.1 Å². The predicted octanol–water partition coefficient (Wildman–Crippen LogP) is 3.30. The van der Waals surface area contributed by atoms with Crippen molar-refractivity contribution in [1.82, 2.24) is 10.6 Å². The first-order valence-electron chi connectivity index (χ1n) is 9.41. The number of primary sulfonamides is 1. The molecule has 0 bridgehead atoms. The Morgan fingerprint density at radius 1 is 1.06 bits per heavy atom. The number of benzene rings is 2. The molecule has 0 radical (unpaired) electrons. The zero-order valence-electron chi connectivity index (χ0n) is 16.9. The van der Waals surface area contributed by atoms with Gasteiger partial charge in [-0.25, -0.2) is 27.3 Å². The fourth-order valence-electron chi connectivity index (χ4n) is 2.75. The van der Waals surface area contributed by atoms with Crippen molar-refractivity contribution in [1.29, 1.82) is 0 Å². The van der Waals surface area contributed by atoms with Gasteiger partial charge in [0.1, 0.15) is 17.4 Å². The number of hydrogen-bond donors (Lipinski definition) is 3. The van der Waals surface area contributed by atoms with E-state index in [-0.39, 0.29) is 47.5 Å². The van der Waals surface area contributed by atoms with Crippen LogP contribution in [-0.4, -0.2) is 20.9 Å². The standard InChI is InChI=1S/C21H22F2N4O3S.HI/c22-17-5-8-20(23)16(12-17)14-27-21(25-10-9-18-2-1-11-30-18)26-13-15-3-6-19(7-4-15)31(24,28)29;/h1-8,11-12H,9-10,13-14H2,(H2,24,28,29)(H2,25,26,27);1H. The summed E-state index contributed by atoms with van der Waals surface area (Å²) in [5, 5.41) is 11.2. The van der Waals surface area contributed by atoms with Crippen LogP contribution in [0.3, 0.4) is 0 Å². The van der Waals surface area contributed by atoms with E-state index in [0.29, 0.717) is 18.9 Å². The monoisotopic (exact) mass is 576 g/mol. The van der Waals surface area contributed by atoms with Crippen molar-refractivity contribution in [2.45, 2.75) is 24.4 Å². The molecule has 32 heavy (non-hydrogen) atoms. The van der Waals surface area contributed by atoms with Crippen molar-refractivity contribution in [3.63, 3.8) is 0 Å². The van der Waals surface area contributed by atoms with Crippen LogP contribution in [0.4, 0.5) is 8.78 Å². The van der Waals surface area contributed by atoms with Gasteiger partial charge < -0.3 is 15.1 Å². The summed E-state index contributed by atoms with van der Waals surface area (Å²) in [6.45, 7) is 0.752. The minimum atomic E-state index is -3.77. The van der Waals surface area contributed by atoms with Crippen LogP contribution in [0.5, 0.6) is 0 Å². The Kier molecular flexibility index (Phi) is 9.60. The molecule has 7 nitrogen and oxygen atoms in total. The molecule has 3 rings (SSSR count). The van der Waals surface area contributed by atoms with Gasteiger partial charge in [-0.1, -0.05) is 12.1 Å². The van der Waals surface area contributed by atoms with E-state index in [4.69, 9.17) is 9.56 Å². The number of guanidine groups is 1. The van der Waals surface area contributed by atoms with E-state index in [2.05, 4.69) is 15.6 Å². The van der Waals surface area contributed by atoms with Gasteiger partial charge in [0.2, 0.25) is 10.0 Å². The van der Waals surface area contributed by atoms with Gasteiger partial charge in [-0.2, -0.15) is 0 Å². The van der Waals surface area contributed by atoms with Gasteiger partial charge in [0, 0.05) is 25.1 Å². The largest absolute Gasteiger partial charge is 0.469 e. The molecule has 0 saturated carbocycles. The molecule has 11 heteroatoms. The molecule has 0 spiro atoms. The third kappa shape index (κ3) is 7.88. The molecule has 0 fully saturated rings. The van der Waals surface area contributed by atoms with E-state index >= 15 is 0 Å². The molecule has 0 unspecified atom stereocenters. The van der Waals surface area contributed by atoms with Crippen LogP contribution in [-0.2, 0) is 29.5 Å². The highest BCUT2D eigenvalue weighted by Gasteiger charge is 2.08. The van der Waals surface area contributed by atoms with Crippen LogP contribution in [0.25, 0.3) is 0 Å².